The normalized spacial score (nSPS) is 12.0. The second-order valence-electron chi connectivity index (χ2n) is 7.42. The van der Waals surface area contributed by atoms with E-state index in [2.05, 4.69) is 25.7 Å². The Kier molecular flexibility index (Phi) is 8.47. The van der Waals surface area contributed by atoms with Gasteiger partial charge in [-0.3, -0.25) is 15.0 Å². The summed E-state index contributed by atoms with van der Waals surface area (Å²) in [4.78, 5) is 21.6. The minimum atomic E-state index is -3.03. The van der Waals surface area contributed by atoms with Gasteiger partial charge in [0, 0.05) is 53.7 Å². The molecule has 182 valence electrons. The molecule has 0 unspecified atom stereocenters. The fourth-order valence-corrected chi connectivity index (χ4v) is 4.55. The van der Waals surface area contributed by atoms with Crippen molar-refractivity contribution >= 4 is 61.1 Å². The van der Waals surface area contributed by atoms with Crippen LogP contribution >= 0.6 is 22.9 Å². The third-order valence-electron chi connectivity index (χ3n) is 4.43. The molecule has 0 radical (unpaired) electrons. The molecule has 0 aliphatic carbocycles. The van der Waals surface area contributed by atoms with E-state index in [1.54, 1.807) is 41.3 Å². The standard InChI is InChI=1S/C20H25ClN8O3S2/c1-34(31,32)9-3-8-29-12-16(22)17(28-29)18(23)24-7-6-15-11-25-20(33-15)27-19(30)26-14-5-2-4-13(21)10-14/h2,4-5,10-12H,3,6-9,22H2,1H3,(H2,23,24)(H2,25,26,27,30). The Labute approximate surface area is 206 Å². The topological polar surface area (TPSA) is 170 Å². The van der Waals surface area contributed by atoms with Crippen LogP contribution in [0.1, 0.15) is 17.0 Å². The maximum atomic E-state index is 12.1. The number of carbonyl (C=O) groups excluding carboxylic acids is 1. The van der Waals surface area contributed by atoms with Gasteiger partial charge in [-0.15, -0.1) is 11.3 Å². The zero-order valence-corrected chi connectivity index (χ0v) is 20.8. The lowest BCUT2D eigenvalue weighted by molar-refractivity contribution is 0.262. The molecule has 2 aromatic heterocycles. The van der Waals surface area contributed by atoms with Gasteiger partial charge in [-0.05, 0) is 24.6 Å². The Morgan fingerprint density at radius 2 is 2.12 bits per heavy atom. The number of aliphatic imine (C=N–C) groups is 1. The van der Waals surface area contributed by atoms with Crippen molar-refractivity contribution in [1.82, 2.24) is 14.8 Å². The molecule has 0 atom stereocenters. The number of aryl methyl sites for hydroxylation is 1. The molecule has 3 rings (SSSR count). The first-order valence-corrected chi connectivity index (χ1v) is 13.4. The van der Waals surface area contributed by atoms with Crippen LogP contribution in [0.2, 0.25) is 5.02 Å². The predicted octanol–water partition coefficient (Wildman–Crippen LogP) is 2.60. The van der Waals surface area contributed by atoms with Crippen LogP contribution in [0, 0.1) is 0 Å². The van der Waals surface area contributed by atoms with Crippen LogP contribution in [0.5, 0.6) is 0 Å². The number of nitrogen functional groups attached to an aromatic ring is 1. The Balaban J connectivity index is 1.49. The van der Waals surface area contributed by atoms with Gasteiger partial charge in [-0.1, -0.05) is 17.7 Å². The number of amides is 2. The van der Waals surface area contributed by atoms with Crippen LogP contribution in [-0.2, 0) is 22.8 Å². The quantitative estimate of drug-likeness (QED) is 0.233. The number of thiazole rings is 1. The summed E-state index contributed by atoms with van der Waals surface area (Å²) in [6.07, 6.45) is 5.45. The molecule has 0 saturated heterocycles. The molecule has 14 heteroatoms. The van der Waals surface area contributed by atoms with Crippen molar-refractivity contribution in [2.75, 3.05) is 34.9 Å². The highest BCUT2D eigenvalue weighted by molar-refractivity contribution is 7.90. The molecule has 0 aliphatic heterocycles. The van der Waals surface area contributed by atoms with Gasteiger partial charge in [0.2, 0.25) is 0 Å². The van der Waals surface area contributed by atoms with Crippen LogP contribution < -0.4 is 22.1 Å². The van der Waals surface area contributed by atoms with Gasteiger partial charge in [0.25, 0.3) is 0 Å². The Bertz CT molecular complexity index is 1290. The minimum absolute atomic E-state index is 0.0691. The van der Waals surface area contributed by atoms with Gasteiger partial charge in [0.05, 0.1) is 11.4 Å². The summed E-state index contributed by atoms with van der Waals surface area (Å²) in [7, 11) is -3.03. The van der Waals surface area contributed by atoms with E-state index in [0.29, 0.717) is 53.2 Å². The molecule has 3 aromatic rings. The number of aromatic nitrogens is 3. The van der Waals surface area contributed by atoms with Gasteiger partial charge >= 0.3 is 6.03 Å². The second-order valence-corrected chi connectivity index (χ2v) is 11.2. The van der Waals surface area contributed by atoms with Gasteiger partial charge in [0.15, 0.2) is 5.13 Å². The molecule has 0 bridgehead atoms. The molecule has 1 aromatic carbocycles. The molecule has 0 aliphatic rings. The van der Waals surface area contributed by atoms with Crippen molar-refractivity contribution in [2.45, 2.75) is 19.4 Å². The molecule has 0 fully saturated rings. The Morgan fingerprint density at radius 3 is 2.85 bits per heavy atom. The molecule has 0 saturated carbocycles. The highest BCUT2D eigenvalue weighted by Gasteiger charge is 2.12. The van der Waals surface area contributed by atoms with Gasteiger partial charge in [-0.2, -0.15) is 5.10 Å². The van der Waals surface area contributed by atoms with Crippen molar-refractivity contribution < 1.29 is 13.2 Å². The summed E-state index contributed by atoms with van der Waals surface area (Å²) >= 11 is 7.24. The predicted molar refractivity (Wildman–Crippen MR) is 136 cm³/mol. The number of urea groups is 1. The van der Waals surface area contributed by atoms with E-state index in [-0.39, 0.29) is 11.6 Å². The number of carbonyl (C=O) groups is 1. The summed E-state index contributed by atoms with van der Waals surface area (Å²) in [5.41, 5.74) is 13.3. The molecule has 6 N–H and O–H groups in total. The Morgan fingerprint density at radius 1 is 1.32 bits per heavy atom. The highest BCUT2D eigenvalue weighted by Crippen LogP contribution is 2.20. The van der Waals surface area contributed by atoms with Crippen molar-refractivity contribution in [1.29, 1.82) is 0 Å². The molecular weight excluding hydrogens is 500 g/mol. The fourth-order valence-electron chi connectivity index (χ4n) is 2.91. The van der Waals surface area contributed by atoms with Crippen molar-refractivity contribution in [3.05, 3.63) is 52.3 Å². The summed E-state index contributed by atoms with van der Waals surface area (Å²) in [5.74, 6) is 0.266. The largest absolute Gasteiger partial charge is 0.396 e. The molecule has 34 heavy (non-hydrogen) atoms. The fraction of sp³-hybridized carbons (Fsp3) is 0.300. The van der Waals surface area contributed by atoms with E-state index >= 15 is 0 Å². The first kappa shape index (κ1) is 25.5. The SMILES string of the molecule is CS(=O)(=O)CCCn1cc(N)c(C(N)=NCCc2cnc(NC(=O)Nc3cccc(Cl)c3)s2)n1. The third-order valence-corrected chi connectivity index (χ3v) is 6.67. The number of nitrogens with two attached hydrogens (primary N) is 2. The number of benzene rings is 1. The lowest BCUT2D eigenvalue weighted by Crippen LogP contribution is -2.19. The van der Waals surface area contributed by atoms with E-state index in [1.807, 2.05) is 0 Å². The van der Waals surface area contributed by atoms with Gasteiger partial charge in [-0.25, -0.2) is 18.2 Å². The summed E-state index contributed by atoms with van der Waals surface area (Å²) in [6, 6.07) is 6.40. The molecule has 2 heterocycles. The molecular formula is C20H25ClN8O3S2. The van der Waals surface area contributed by atoms with Crippen LogP contribution in [0.15, 0.2) is 41.7 Å². The molecule has 2 amide bonds. The summed E-state index contributed by atoms with van der Waals surface area (Å²) in [5, 5.41) is 10.6. The number of hydrogen-bond acceptors (Lipinski definition) is 8. The third kappa shape index (κ3) is 8.01. The maximum Gasteiger partial charge on any atom is 0.325 e. The zero-order chi connectivity index (χ0) is 24.7. The number of amidine groups is 1. The Hall–Kier alpha value is -3.16. The van der Waals surface area contributed by atoms with Gasteiger partial charge in [0.1, 0.15) is 21.4 Å². The van der Waals surface area contributed by atoms with Crippen LogP contribution in [0.25, 0.3) is 0 Å². The summed E-state index contributed by atoms with van der Waals surface area (Å²) < 4.78 is 24.1. The number of nitrogens with one attached hydrogen (secondary N) is 2. The van der Waals surface area contributed by atoms with Crippen LogP contribution in [0.3, 0.4) is 0 Å². The monoisotopic (exact) mass is 524 g/mol. The number of sulfone groups is 1. The zero-order valence-electron chi connectivity index (χ0n) is 18.4. The van der Waals surface area contributed by atoms with Crippen molar-refractivity contribution in [3.8, 4) is 0 Å². The van der Waals surface area contributed by atoms with Gasteiger partial charge < -0.3 is 16.8 Å². The number of anilines is 3. The number of hydrogen-bond donors (Lipinski definition) is 4. The van der Waals surface area contributed by atoms with Crippen LogP contribution in [-0.4, -0.2) is 53.6 Å². The molecule has 11 nitrogen and oxygen atoms in total. The van der Waals surface area contributed by atoms with E-state index in [9.17, 15) is 13.2 Å². The van der Waals surface area contributed by atoms with E-state index in [1.165, 1.54) is 17.6 Å². The van der Waals surface area contributed by atoms with E-state index in [4.69, 9.17) is 23.1 Å². The average molecular weight is 525 g/mol. The van der Waals surface area contributed by atoms with Crippen molar-refractivity contribution in [3.63, 3.8) is 0 Å². The van der Waals surface area contributed by atoms with E-state index in [0.717, 1.165) is 4.88 Å². The first-order chi connectivity index (χ1) is 16.1. The number of nitrogens with zero attached hydrogens (tertiary/aromatic N) is 4. The lowest BCUT2D eigenvalue weighted by atomic mass is 10.3. The highest BCUT2D eigenvalue weighted by atomic mass is 35.5. The molecule has 0 spiro atoms. The van der Waals surface area contributed by atoms with Crippen molar-refractivity contribution in [2.24, 2.45) is 10.7 Å². The minimum Gasteiger partial charge on any atom is -0.396 e. The first-order valence-electron chi connectivity index (χ1n) is 10.2. The van der Waals surface area contributed by atoms with Crippen LogP contribution in [0.4, 0.5) is 21.3 Å². The summed E-state index contributed by atoms with van der Waals surface area (Å²) in [6.45, 7) is 0.786. The number of halogens is 1. The smallest absolute Gasteiger partial charge is 0.325 e. The maximum absolute atomic E-state index is 12.1. The second kappa shape index (κ2) is 11.3. The number of rotatable bonds is 10. The average Bonchev–Trinajstić information content (AvgIpc) is 3.33. The lowest BCUT2D eigenvalue weighted by Gasteiger charge is -2.05. The van der Waals surface area contributed by atoms with E-state index < -0.39 is 15.9 Å².